The average molecular weight is 155 g/mol. The molecule has 0 radical (unpaired) electrons. The third kappa shape index (κ3) is 3.04. The Hall–Kier alpha value is -1.03. The molecule has 0 fully saturated rings. The van der Waals surface area contributed by atoms with Crippen LogP contribution in [0, 0.1) is 0 Å². The number of aliphatic imine (C=N–C) groups is 1. The molecule has 11 heavy (non-hydrogen) atoms. The van der Waals surface area contributed by atoms with Gasteiger partial charge in [0.1, 0.15) is 0 Å². The van der Waals surface area contributed by atoms with E-state index < -0.39 is 0 Å². The fourth-order valence-corrected chi connectivity index (χ4v) is 0.635. The Morgan fingerprint density at radius 3 is 3.09 bits per heavy atom. The molecule has 0 aromatic heterocycles. The second-order valence-electron chi connectivity index (χ2n) is 2.57. The van der Waals surface area contributed by atoms with Gasteiger partial charge in [0.25, 0.3) is 0 Å². The van der Waals surface area contributed by atoms with Gasteiger partial charge in [-0.25, -0.2) is 0 Å². The summed E-state index contributed by atoms with van der Waals surface area (Å²) in [6, 6.07) is 0. The molecule has 1 aliphatic heterocycles. The van der Waals surface area contributed by atoms with Gasteiger partial charge in [-0.2, -0.15) is 0 Å². The second kappa shape index (κ2) is 3.98. The summed E-state index contributed by atoms with van der Waals surface area (Å²) in [6.45, 7) is 4.58. The Balaban J connectivity index is 2.21. The number of nitrogens with zero attached hydrogens (tertiary/aromatic N) is 1. The molecule has 0 atom stereocenters. The summed E-state index contributed by atoms with van der Waals surface area (Å²) in [5.41, 5.74) is 3.75. The van der Waals surface area contributed by atoms with E-state index in [1.54, 1.807) is 6.34 Å². The van der Waals surface area contributed by atoms with E-state index in [4.69, 9.17) is 4.84 Å². The van der Waals surface area contributed by atoms with Gasteiger partial charge in [-0.1, -0.05) is 0 Å². The monoisotopic (exact) mass is 155 g/mol. The Labute approximate surface area is 66.3 Å². The molecule has 62 valence electrons. The molecule has 2 N–H and O–H groups in total. The first-order chi connectivity index (χ1) is 5.29. The van der Waals surface area contributed by atoms with Gasteiger partial charge in [0.2, 0.25) is 0 Å². The molecule has 0 saturated carbocycles. The summed E-state index contributed by atoms with van der Waals surface area (Å²) >= 11 is 0. The van der Waals surface area contributed by atoms with E-state index in [-0.39, 0.29) is 6.10 Å². The van der Waals surface area contributed by atoms with Crippen molar-refractivity contribution < 1.29 is 4.84 Å². The topological polar surface area (TPSA) is 45.6 Å². The van der Waals surface area contributed by atoms with E-state index >= 15 is 0 Å². The molecular formula is C7H13N3O. The molecule has 0 unspecified atom stereocenters. The number of hydroxylamine groups is 1. The highest BCUT2D eigenvalue weighted by molar-refractivity contribution is 5.57. The lowest BCUT2D eigenvalue weighted by molar-refractivity contribution is 0.0130. The van der Waals surface area contributed by atoms with Gasteiger partial charge in [-0.3, -0.25) is 15.3 Å². The predicted octanol–water partition coefficient (Wildman–Crippen LogP) is 0.389. The van der Waals surface area contributed by atoms with Crippen molar-refractivity contribution in [1.29, 1.82) is 0 Å². The van der Waals surface area contributed by atoms with Crippen molar-refractivity contribution in [2.75, 3.05) is 6.54 Å². The quantitative estimate of drug-likeness (QED) is 0.579. The number of rotatable bonds is 3. The maximum absolute atomic E-state index is 5.15. The van der Waals surface area contributed by atoms with Gasteiger partial charge >= 0.3 is 0 Å². The van der Waals surface area contributed by atoms with Crippen LogP contribution in [0.5, 0.6) is 0 Å². The highest BCUT2D eigenvalue weighted by Gasteiger charge is 1.99. The first kappa shape index (κ1) is 8.07. The van der Waals surface area contributed by atoms with Crippen molar-refractivity contribution in [3.63, 3.8) is 0 Å². The largest absolute Gasteiger partial charge is 0.351 e. The van der Waals surface area contributed by atoms with Crippen molar-refractivity contribution in [2.45, 2.75) is 20.0 Å². The second-order valence-corrected chi connectivity index (χ2v) is 2.57. The van der Waals surface area contributed by atoms with Gasteiger partial charge in [-0.15, -0.1) is 0 Å². The Morgan fingerprint density at radius 2 is 2.55 bits per heavy atom. The SMILES string of the molecule is CC(C)ONC1=CNC=NC1. The number of hydrogen-bond donors (Lipinski definition) is 2. The van der Waals surface area contributed by atoms with E-state index in [9.17, 15) is 0 Å². The van der Waals surface area contributed by atoms with Crippen molar-refractivity contribution in [3.05, 3.63) is 11.9 Å². The molecule has 4 heteroatoms. The Morgan fingerprint density at radius 1 is 1.73 bits per heavy atom. The van der Waals surface area contributed by atoms with Crippen LogP contribution in [0.2, 0.25) is 0 Å². The van der Waals surface area contributed by atoms with Crippen LogP contribution in [0.15, 0.2) is 16.9 Å². The van der Waals surface area contributed by atoms with E-state index in [0.29, 0.717) is 6.54 Å². The first-order valence-corrected chi connectivity index (χ1v) is 3.64. The maximum Gasteiger partial charge on any atom is 0.0868 e. The predicted molar refractivity (Wildman–Crippen MR) is 43.9 cm³/mol. The maximum atomic E-state index is 5.15. The molecular weight excluding hydrogens is 142 g/mol. The number of nitrogens with one attached hydrogen (secondary N) is 2. The van der Waals surface area contributed by atoms with Crippen LogP contribution in [-0.2, 0) is 4.84 Å². The van der Waals surface area contributed by atoms with E-state index in [2.05, 4.69) is 15.8 Å². The third-order valence-corrected chi connectivity index (χ3v) is 1.11. The van der Waals surface area contributed by atoms with Crippen LogP contribution >= 0.6 is 0 Å². The fourth-order valence-electron chi connectivity index (χ4n) is 0.635. The van der Waals surface area contributed by atoms with Crippen LogP contribution in [0.4, 0.5) is 0 Å². The van der Waals surface area contributed by atoms with Crippen molar-refractivity contribution >= 4 is 6.34 Å². The highest BCUT2D eigenvalue weighted by atomic mass is 16.7. The van der Waals surface area contributed by atoms with Crippen molar-refractivity contribution in [1.82, 2.24) is 10.8 Å². The van der Waals surface area contributed by atoms with Crippen molar-refractivity contribution in [3.8, 4) is 0 Å². The molecule has 1 heterocycles. The third-order valence-electron chi connectivity index (χ3n) is 1.11. The standard InChI is InChI=1S/C7H13N3O/c1-6(2)11-10-7-3-8-5-9-4-7/h3,5-6,10H,4H2,1-2H3,(H,8,9). The lowest BCUT2D eigenvalue weighted by Crippen LogP contribution is -2.24. The van der Waals surface area contributed by atoms with Gasteiger partial charge < -0.3 is 5.32 Å². The summed E-state index contributed by atoms with van der Waals surface area (Å²) in [5.74, 6) is 0. The molecule has 0 bridgehead atoms. The van der Waals surface area contributed by atoms with Crippen LogP contribution < -0.4 is 10.8 Å². The molecule has 0 saturated heterocycles. The normalized spacial score (nSPS) is 16.1. The molecule has 0 aromatic rings. The molecule has 0 amide bonds. The lowest BCUT2D eigenvalue weighted by Gasteiger charge is -2.13. The highest BCUT2D eigenvalue weighted by Crippen LogP contribution is 1.93. The fraction of sp³-hybridized carbons (Fsp3) is 0.571. The van der Waals surface area contributed by atoms with Crippen LogP contribution in [0.1, 0.15) is 13.8 Å². The van der Waals surface area contributed by atoms with Crippen molar-refractivity contribution in [2.24, 2.45) is 4.99 Å². The molecule has 1 rings (SSSR count). The molecule has 0 spiro atoms. The van der Waals surface area contributed by atoms with Gasteiger partial charge in [-0.05, 0) is 13.8 Å². The smallest absolute Gasteiger partial charge is 0.0868 e. The van der Waals surface area contributed by atoms with Gasteiger partial charge in [0.05, 0.1) is 24.7 Å². The molecule has 4 nitrogen and oxygen atoms in total. The summed E-state index contributed by atoms with van der Waals surface area (Å²) in [7, 11) is 0. The summed E-state index contributed by atoms with van der Waals surface area (Å²) in [6.07, 6.45) is 3.66. The Bertz CT molecular complexity index is 175. The lowest BCUT2D eigenvalue weighted by atomic mass is 10.4. The van der Waals surface area contributed by atoms with Gasteiger partial charge in [0, 0.05) is 6.20 Å². The molecule has 0 aliphatic carbocycles. The number of hydrogen-bond acceptors (Lipinski definition) is 4. The zero-order chi connectivity index (χ0) is 8.10. The zero-order valence-corrected chi connectivity index (χ0v) is 6.79. The average Bonchev–Trinajstić information content (AvgIpc) is 2.03. The Kier molecular flexibility index (Phi) is 2.92. The van der Waals surface area contributed by atoms with E-state index in [1.807, 2.05) is 20.0 Å². The zero-order valence-electron chi connectivity index (χ0n) is 6.79. The minimum Gasteiger partial charge on any atom is -0.351 e. The minimum atomic E-state index is 0.182. The summed E-state index contributed by atoms with van der Waals surface area (Å²) in [4.78, 5) is 9.14. The first-order valence-electron chi connectivity index (χ1n) is 3.64. The van der Waals surface area contributed by atoms with Crippen LogP contribution in [0.25, 0.3) is 0 Å². The summed E-state index contributed by atoms with van der Waals surface area (Å²) in [5, 5.41) is 2.86. The van der Waals surface area contributed by atoms with E-state index in [1.165, 1.54) is 0 Å². The summed E-state index contributed by atoms with van der Waals surface area (Å²) < 4.78 is 0. The minimum absolute atomic E-state index is 0.182. The molecule has 1 aliphatic rings. The van der Waals surface area contributed by atoms with Crippen LogP contribution in [-0.4, -0.2) is 19.0 Å². The molecule has 0 aromatic carbocycles. The van der Waals surface area contributed by atoms with E-state index in [0.717, 1.165) is 5.70 Å². The van der Waals surface area contributed by atoms with Gasteiger partial charge in [0.15, 0.2) is 0 Å². The van der Waals surface area contributed by atoms with Crippen LogP contribution in [0.3, 0.4) is 0 Å².